The number of hydrogen-bond donors (Lipinski definition) is 0. The Kier molecular flexibility index (Phi) is 4.67. The van der Waals surface area contributed by atoms with Gasteiger partial charge in [0, 0.05) is 0 Å². The third-order valence-corrected chi connectivity index (χ3v) is 4.42. The summed E-state index contributed by atoms with van der Waals surface area (Å²) in [5.74, 6) is 5.82. The second kappa shape index (κ2) is 5.37. The topological polar surface area (TPSA) is 0 Å². The van der Waals surface area contributed by atoms with Crippen molar-refractivity contribution in [1.82, 2.24) is 0 Å². The molecule has 0 aromatic heterocycles. The smallest absolute Gasteiger partial charge is 0.0349 e. The van der Waals surface area contributed by atoms with Gasteiger partial charge in [-0.15, -0.1) is 0 Å². The first-order valence-corrected chi connectivity index (χ1v) is 6.97. The van der Waals surface area contributed by atoms with E-state index in [-0.39, 0.29) is 0 Å². The third kappa shape index (κ3) is 3.50. The van der Waals surface area contributed by atoms with Crippen LogP contribution in [0.3, 0.4) is 0 Å². The van der Waals surface area contributed by atoms with Crippen LogP contribution in [0.1, 0.15) is 60.8 Å². The van der Waals surface area contributed by atoms with Crippen molar-refractivity contribution >= 4 is 0 Å². The number of rotatable bonds is 6. The molecule has 4 unspecified atom stereocenters. The van der Waals surface area contributed by atoms with E-state index in [0.717, 1.165) is 35.5 Å². The zero-order chi connectivity index (χ0) is 11.6. The Labute approximate surface area is 96.8 Å². The van der Waals surface area contributed by atoms with Crippen LogP contribution in [0.5, 0.6) is 0 Å². The van der Waals surface area contributed by atoms with E-state index in [0.29, 0.717) is 0 Å². The van der Waals surface area contributed by atoms with Gasteiger partial charge in [0.15, 0.2) is 0 Å². The van der Waals surface area contributed by atoms with Crippen LogP contribution in [-0.2, 0) is 0 Å². The van der Waals surface area contributed by atoms with Gasteiger partial charge in [-0.05, 0) is 48.3 Å². The average molecular weight is 210 g/mol. The van der Waals surface area contributed by atoms with Gasteiger partial charge in [0.2, 0.25) is 0 Å². The van der Waals surface area contributed by atoms with E-state index in [2.05, 4.69) is 41.5 Å². The highest BCUT2D eigenvalue weighted by Gasteiger charge is 2.45. The van der Waals surface area contributed by atoms with Crippen molar-refractivity contribution in [3.8, 4) is 0 Å². The Morgan fingerprint density at radius 2 is 1.60 bits per heavy atom. The SMILES string of the molecule is CCC(C)C(CC(C)C)C1CC1C(C)C. The van der Waals surface area contributed by atoms with Crippen LogP contribution < -0.4 is 0 Å². The molecule has 0 saturated heterocycles. The van der Waals surface area contributed by atoms with Gasteiger partial charge in [-0.1, -0.05) is 48.0 Å². The maximum Gasteiger partial charge on any atom is -0.0349 e. The van der Waals surface area contributed by atoms with Gasteiger partial charge in [0.25, 0.3) is 0 Å². The normalized spacial score (nSPS) is 29.6. The molecule has 1 aliphatic rings. The molecular formula is C15H30. The van der Waals surface area contributed by atoms with Crippen LogP contribution in [-0.4, -0.2) is 0 Å². The van der Waals surface area contributed by atoms with E-state index >= 15 is 0 Å². The summed E-state index contributed by atoms with van der Waals surface area (Å²) in [6.45, 7) is 14.4. The van der Waals surface area contributed by atoms with Crippen molar-refractivity contribution in [1.29, 1.82) is 0 Å². The quantitative estimate of drug-likeness (QED) is 0.579. The van der Waals surface area contributed by atoms with Crippen molar-refractivity contribution in [3.05, 3.63) is 0 Å². The third-order valence-electron chi connectivity index (χ3n) is 4.42. The van der Waals surface area contributed by atoms with Gasteiger partial charge < -0.3 is 0 Å². The largest absolute Gasteiger partial charge is 0.0651 e. The van der Waals surface area contributed by atoms with Crippen molar-refractivity contribution in [2.75, 3.05) is 0 Å². The first kappa shape index (κ1) is 13.1. The lowest BCUT2D eigenvalue weighted by atomic mass is 9.80. The fourth-order valence-electron chi connectivity index (χ4n) is 3.17. The van der Waals surface area contributed by atoms with Gasteiger partial charge >= 0.3 is 0 Å². The Morgan fingerprint density at radius 1 is 1.00 bits per heavy atom. The second-order valence-corrected chi connectivity index (χ2v) is 6.49. The molecule has 0 radical (unpaired) electrons. The van der Waals surface area contributed by atoms with E-state index < -0.39 is 0 Å². The summed E-state index contributed by atoms with van der Waals surface area (Å²) in [6.07, 6.45) is 4.32. The summed E-state index contributed by atoms with van der Waals surface area (Å²) < 4.78 is 0. The summed E-state index contributed by atoms with van der Waals surface area (Å²) in [7, 11) is 0. The standard InChI is InChI=1S/C15H30/c1-7-12(6)14(8-10(2)3)15-9-13(15)11(4)5/h10-15H,7-9H2,1-6H3. The molecule has 0 bridgehead atoms. The van der Waals surface area contributed by atoms with E-state index in [9.17, 15) is 0 Å². The molecule has 15 heavy (non-hydrogen) atoms. The molecule has 0 nitrogen and oxygen atoms in total. The summed E-state index contributed by atoms with van der Waals surface area (Å²) in [6, 6.07) is 0. The zero-order valence-corrected chi connectivity index (χ0v) is 11.6. The summed E-state index contributed by atoms with van der Waals surface area (Å²) in [5.41, 5.74) is 0. The van der Waals surface area contributed by atoms with Gasteiger partial charge in [0.05, 0.1) is 0 Å². The molecule has 1 fully saturated rings. The Bertz CT molecular complexity index is 180. The molecule has 1 saturated carbocycles. The molecule has 0 amide bonds. The fraction of sp³-hybridized carbons (Fsp3) is 1.00. The van der Waals surface area contributed by atoms with E-state index in [1.165, 1.54) is 19.3 Å². The van der Waals surface area contributed by atoms with Crippen LogP contribution in [0.15, 0.2) is 0 Å². The van der Waals surface area contributed by atoms with Crippen LogP contribution in [0.4, 0.5) is 0 Å². The van der Waals surface area contributed by atoms with Crippen LogP contribution >= 0.6 is 0 Å². The number of hydrogen-bond acceptors (Lipinski definition) is 0. The van der Waals surface area contributed by atoms with Gasteiger partial charge in [-0.3, -0.25) is 0 Å². The monoisotopic (exact) mass is 210 g/mol. The van der Waals surface area contributed by atoms with Gasteiger partial charge in [-0.2, -0.15) is 0 Å². The van der Waals surface area contributed by atoms with Crippen molar-refractivity contribution in [2.45, 2.75) is 60.8 Å². The molecule has 1 aliphatic carbocycles. The summed E-state index contributed by atoms with van der Waals surface area (Å²) in [5, 5.41) is 0. The molecule has 0 N–H and O–H groups in total. The molecule has 0 aliphatic heterocycles. The minimum Gasteiger partial charge on any atom is -0.0651 e. The van der Waals surface area contributed by atoms with Crippen molar-refractivity contribution in [3.63, 3.8) is 0 Å². The zero-order valence-electron chi connectivity index (χ0n) is 11.6. The Hall–Kier alpha value is 0. The molecule has 0 spiro atoms. The highest BCUT2D eigenvalue weighted by atomic mass is 14.5. The lowest BCUT2D eigenvalue weighted by Crippen LogP contribution is -2.17. The minimum atomic E-state index is 0.873. The predicted molar refractivity (Wildman–Crippen MR) is 68.8 cm³/mol. The molecular weight excluding hydrogens is 180 g/mol. The van der Waals surface area contributed by atoms with E-state index in [4.69, 9.17) is 0 Å². The highest BCUT2D eigenvalue weighted by Crippen LogP contribution is 2.53. The lowest BCUT2D eigenvalue weighted by Gasteiger charge is -2.25. The van der Waals surface area contributed by atoms with Gasteiger partial charge in [0.1, 0.15) is 0 Å². The first-order valence-electron chi connectivity index (χ1n) is 6.97. The molecule has 0 heteroatoms. The molecule has 4 atom stereocenters. The predicted octanol–water partition coefficient (Wildman–Crippen LogP) is 4.99. The van der Waals surface area contributed by atoms with Gasteiger partial charge in [-0.25, -0.2) is 0 Å². The first-order chi connectivity index (χ1) is 6.97. The molecule has 0 heterocycles. The van der Waals surface area contributed by atoms with Crippen LogP contribution in [0.2, 0.25) is 0 Å². The van der Waals surface area contributed by atoms with Crippen molar-refractivity contribution in [2.24, 2.45) is 35.5 Å². The molecule has 0 aromatic carbocycles. The van der Waals surface area contributed by atoms with Crippen LogP contribution in [0.25, 0.3) is 0 Å². The second-order valence-electron chi connectivity index (χ2n) is 6.49. The summed E-state index contributed by atoms with van der Waals surface area (Å²) >= 11 is 0. The molecule has 1 rings (SSSR count). The molecule has 90 valence electrons. The van der Waals surface area contributed by atoms with Crippen LogP contribution in [0, 0.1) is 35.5 Å². The molecule has 0 aromatic rings. The lowest BCUT2D eigenvalue weighted by molar-refractivity contribution is 0.241. The summed E-state index contributed by atoms with van der Waals surface area (Å²) in [4.78, 5) is 0. The Morgan fingerprint density at radius 3 is 1.93 bits per heavy atom. The maximum atomic E-state index is 2.46. The maximum absolute atomic E-state index is 2.46. The fourth-order valence-corrected chi connectivity index (χ4v) is 3.17. The van der Waals surface area contributed by atoms with Crippen molar-refractivity contribution < 1.29 is 0 Å². The van der Waals surface area contributed by atoms with E-state index in [1.807, 2.05) is 0 Å². The Balaban J connectivity index is 2.51. The minimum absolute atomic E-state index is 0.873. The van der Waals surface area contributed by atoms with E-state index in [1.54, 1.807) is 0 Å². The average Bonchev–Trinajstić information content (AvgIpc) is 2.92. The highest BCUT2D eigenvalue weighted by molar-refractivity contribution is 4.94.